The third-order valence-electron chi connectivity index (χ3n) is 8.79. The molecule has 0 bridgehead atoms. The first-order valence-electron chi connectivity index (χ1n) is 18.1. The van der Waals surface area contributed by atoms with Crippen molar-refractivity contribution < 1.29 is 5.11 Å². The zero-order valence-electron chi connectivity index (χ0n) is 26.7. The molecule has 39 heavy (non-hydrogen) atoms. The van der Waals surface area contributed by atoms with Gasteiger partial charge in [-0.05, 0) is 24.5 Å². The van der Waals surface area contributed by atoms with Gasteiger partial charge in [0.2, 0.25) is 0 Å². The number of aromatic hydroxyl groups is 1. The molecule has 0 aromatic heterocycles. The van der Waals surface area contributed by atoms with Crippen molar-refractivity contribution >= 4 is 0 Å². The summed E-state index contributed by atoms with van der Waals surface area (Å²) in [5.41, 5.74) is 1.11. The Bertz CT molecular complexity index is 594. The molecule has 1 heteroatoms. The van der Waals surface area contributed by atoms with Gasteiger partial charge in [0, 0.05) is 0 Å². The van der Waals surface area contributed by atoms with Crippen LogP contribution in [0.15, 0.2) is 24.3 Å². The summed E-state index contributed by atoms with van der Waals surface area (Å²) in [4.78, 5) is 0. The van der Waals surface area contributed by atoms with Gasteiger partial charge in [-0.25, -0.2) is 0 Å². The van der Waals surface area contributed by atoms with Crippen LogP contribution in [0.5, 0.6) is 5.75 Å². The molecule has 1 nitrogen and oxygen atoms in total. The normalized spacial score (nSPS) is 11.4. The number of para-hydroxylation sites is 1. The van der Waals surface area contributed by atoms with Crippen molar-refractivity contribution in [2.24, 2.45) is 0 Å². The van der Waals surface area contributed by atoms with Crippen molar-refractivity contribution in [3.8, 4) is 5.75 Å². The second-order valence-electron chi connectivity index (χ2n) is 12.6. The van der Waals surface area contributed by atoms with Crippen LogP contribution in [-0.4, -0.2) is 5.11 Å². The van der Waals surface area contributed by atoms with Crippen LogP contribution in [0.1, 0.15) is 205 Å². The standard InChI is InChI=1S/C38H70O/c1-2-3-4-5-6-7-8-9-10-11-12-13-14-15-16-17-18-19-20-21-22-23-24-25-26-27-28-29-30-31-34-37-35-32-33-36-38(37)39/h32-33,35-36,39H,2-31,34H2,1H3. The molecule has 0 aliphatic heterocycles. The molecule has 0 radical (unpaired) electrons. The van der Waals surface area contributed by atoms with E-state index in [-0.39, 0.29) is 0 Å². The third kappa shape index (κ3) is 25.7. The number of benzene rings is 1. The van der Waals surface area contributed by atoms with E-state index in [1.807, 2.05) is 12.1 Å². The van der Waals surface area contributed by atoms with Crippen LogP contribution >= 0.6 is 0 Å². The monoisotopic (exact) mass is 543 g/mol. The maximum atomic E-state index is 9.82. The number of phenols is 1. The fourth-order valence-electron chi connectivity index (χ4n) is 6.06. The molecular weight excluding hydrogens is 472 g/mol. The van der Waals surface area contributed by atoms with Crippen LogP contribution in [0.2, 0.25) is 0 Å². The fourth-order valence-corrected chi connectivity index (χ4v) is 6.06. The van der Waals surface area contributed by atoms with Gasteiger partial charge in [-0.3, -0.25) is 0 Å². The van der Waals surface area contributed by atoms with Gasteiger partial charge in [0.1, 0.15) is 5.75 Å². The Morgan fingerprint density at radius 1 is 0.359 bits per heavy atom. The lowest BCUT2D eigenvalue weighted by Crippen LogP contribution is -1.87. The minimum Gasteiger partial charge on any atom is -0.508 e. The van der Waals surface area contributed by atoms with Gasteiger partial charge < -0.3 is 5.11 Å². The molecule has 0 spiro atoms. The topological polar surface area (TPSA) is 20.2 Å². The predicted octanol–water partition coefficient (Wildman–Crippen LogP) is 13.7. The molecule has 0 unspecified atom stereocenters. The SMILES string of the molecule is CCCCCCCCCCCCCCCCCCCCCCCCCCCCCCCCc1ccccc1O. The van der Waals surface area contributed by atoms with E-state index in [0.717, 1.165) is 12.0 Å². The van der Waals surface area contributed by atoms with Crippen LogP contribution in [0, 0.1) is 0 Å². The number of phenolic OH excluding ortho intramolecular Hbond substituents is 1. The first-order chi connectivity index (χ1) is 19.3. The number of rotatable bonds is 31. The van der Waals surface area contributed by atoms with Gasteiger partial charge in [-0.1, -0.05) is 211 Å². The van der Waals surface area contributed by atoms with E-state index in [1.54, 1.807) is 6.07 Å². The first-order valence-corrected chi connectivity index (χ1v) is 18.1. The molecule has 0 saturated carbocycles. The Morgan fingerprint density at radius 2 is 0.615 bits per heavy atom. The Kier molecular flexibility index (Phi) is 27.7. The summed E-state index contributed by atoms with van der Waals surface area (Å²) < 4.78 is 0. The highest BCUT2D eigenvalue weighted by Gasteiger charge is 2.00. The van der Waals surface area contributed by atoms with E-state index in [1.165, 1.54) is 193 Å². The molecule has 0 saturated heterocycles. The van der Waals surface area contributed by atoms with Gasteiger partial charge in [0.15, 0.2) is 0 Å². The number of hydrogen-bond donors (Lipinski definition) is 1. The van der Waals surface area contributed by atoms with E-state index in [0.29, 0.717) is 5.75 Å². The summed E-state index contributed by atoms with van der Waals surface area (Å²) in [6.07, 6.45) is 44.3. The van der Waals surface area contributed by atoms with Gasteiger partial charge in [0.05, 0.1) is 0 Å². The van der Waals surface area contributed by atoms with Crippen LogP contribution in [0.3, 0.4) is 0 Å². The van der Waals surface area contributed by atoms with Crippen molar-refractivity contribution in [3.05, 3.63) is 29.8 Å². The summed E-state index contributed by atoms with van der Waals surface area (Å²) in [6, 6.07) is 7.79. The van der Waals surface area contributed by atoms with Gasteiger partial charge in [-0.15, -0.1) is 0 Å². The zero-order valence-corrected chi connectivity index (χ0v) is 26.7. The van der Waals surface area contributed by atoms with E-state index < -0.39 is 0 Å². The molecule has 0 amide bonds. The largest absolute Gasteiger partial charge is 0.508 e. The fraction of sp³-hybridized carbons (Fsp3) is 0.842. The van der Waals surface area contributed by atoms with Crippen LogP contribution in [0.4, 0.5) is 0 Å². The van der Waals surface area contributed by atoms with E-state index in [9.17, 15) is 5.11 Å². The lowest BCUT2D eigenvalue weighted by atomic mass is 10.0. The smallest absolute Gasteiger partial charge is 0.118 e. The summed E-state index contributed by atoms with van der Waals surface area (Å²) >= 11 is 0. The van der Waals surface area contributed by atoms with E-state index in [2.05, 4.69) is 13.0 Å². The maximum Gasteiger partial charge on any atom is 0.118 e. The van der Waals surface area contributed by atoms with Gasteiger partial charge in [0.25, 0.3) is 0 Å². The van der Waals surface area contributed by atoms with Crippen LogP contribution in [-0.2, 0) is 6.42 Å². The molecule has 1 N–H and O–H groups in total. The Hall–Kier alpha value is -0.980. The Labute approximate surface area is 246 Å². The number of unbranched alkanes of at least 4 members (excludes halogenated alkanes) is 29. The molecule has 0 aliphatic carbocycles. The van der Waals surface area contributed by atoms with Crippen molar-refractivity contribution in [1.82, 2.24) is 0 Å². The molecule has 1 aromatic rings. The first kappa shape index (κ1) is 36.0. The Morgan fingerprint density at radius 3 is 0.897 bits per heavy atom. The molecule has 228 valence electrons. The second kappa shape index (κ2) is 30.0. The predicted molar refractivity (Wildman–Crippen MR) is 176 cm³/mol. The third-order valence-corrected chi connectivity index (χ3v) is 8.79. The zero-order chi connectivity index (χ0) is 27.9. The van der Waals surface area contributed by atoms with E-state index >= 15 is 0 Å². The summed E-state index contributed by atoms with van der Waals surface area (Å²) in [5, 5.41) is 9.82. The minimum atomic E-state index is 0.466. The maximum absolute atomic E-state index is 9.82. The molecular formula is C38H70O. The average molecular weight is 543 g/mol. The quantitative estimate of drug-likeness (QED) is 0.0925. The number of aryl methyl sites for hydroxylation is 1. The van der Waals surface area contributed by atoms with Crippen molar-refractivity contribution in [2.45, 2.75) is 206 Å². The Balaban J connectivity index is 1.64. The highest BCUT2D eigenvalue weighted by molar-refractivity contribution is 5.31. The molecule has 0 aliphatic rings. The average Bonchev–Trinajstić information content (AvgIpc) is 2.95. The highest BCUT2D eigenvalue weighted by Crippen LogP contribution is 2.20. The second-order valence-corrected chi connectivity index (χ2v) is 12.6. The van der Waals surface area contributed by atoms with Crippen molar-refractivity contribution in [2.75, 3.05) is 0 Å². The van der Waals surface area contributed by atoms with Crippen molar-refractivity contribution in [3.63, 3.8) is 0 Å². The lowest BCUT2D eigenvalue weighted by Gasteiger charge is -2.05. The lowest BCUT2D eigenvalue weighted by molar-refractivity contribution is 0.465. The van der Waals surface area contributed by atoms with Gasteiger partial charge >= 0.3 is 0 Å². The summed E-state index contributed by atoms with van der Waals surface area (Å²) in [7, 11) is 0. The number of hydrogen-bond acceptors (Lipinski definition) is 1. The van der Waals surface area contributed by atoms with Gasteiger partial charge in [-0.2, -0.15) is 0 Å². The molecule has 0 heterocycles. The van der Waals surface area contributed by atoms with E-state index in [4.69, 9.17) is 0 Å². The summed E-state index contributed by atoms with van der Waals surface area (Å²) in [6.45, 7) is 2.30. The molecule has 0 atom stereocenters. The van der Waals surface area contributed by atoms with Crippen molar-refractivity contribution in [1.29, 1.82) is 0 Å². The highest BCUT2D eigenvalue weighted by atomic mass is 16.3. The molecule has 0 fully saturated rings. The van der Waals surface area contributed by atoms with Crippen LogP contribution < -0.4 is 0 Å². The summed E-state index contributed by atoms with van der Waals surface area (Å²) in [5.74, 6) is 0.466. The molecule has 1 rings (SSSR count). The molecule has 1 aromatic carbocycles. The minimum absolute atomic E-state index is 0.466. The van der Waals surface area contributed by atoms with Crippen LogP contribution in [0.25, 0.3) is 0 Å².